The molecule has 4 aromatic rings. The third-order valence-corrected chi connectivity index (χ3v) is 7.33. The van der Waals surface area contributed by atoms with E-state index in [1.807, 2.05) is 36.4 Å². The van der Waals surface area contributed by atoms with Crippen molar-refractivity contribution >= 4 is 40.9 Å². The molecule has 4 rings (SSSR count). The summed E-state index contributed by atoms with van der Waals surface area (Å²) < 4.78 is 10.7. The molecule has 4 aromatic carbocycles. The van der Waals surface area contributed by atoms with Gasteiger partial charge in [0.15, 0.2) is 0 Å². The summed E-state index contributed by atoms with van der Waals surface area (Å²) in [6.07, 6.45) is 0. The smallest absolute Gasteiger partial charge is 0.335 e. The second kappa shape index (κ2) is 12.9. The summed E-state index contributed by atoms with van der Waals surface area (Å²) in [6.45, 7) is 1.80. The summed E-state index contributed by atoms with van der Waals surface area (Å²) >= 11 is 1.31. The quantitative estimate of drug-likeness (QED) is 0.193. The van der Waals surface area contributed by atoms with Crippen LogP contribution in [0.1, 0.15) is 37.1 Å². The zero-order chi connectivity index (χ0) is 28.6. The number of anilines is 2. The molecule has 0 aliphatic carbocycles. The number of aromatic carboxylic acids is 1. The molecule has 0 aliphatic heterocycles. The van der Waals surface area contributed by atoms with Gasteiger partial charge >= 0.3 is 5.97 Å². The van der Waals surface area contributed by atoms with Crippen LogP contribution in [0.15, 0.2) is 95.9 Å². The van der Waals surface area contributed by atoms with Crippen molar-refractivity contribution in [2.45, 2.75) is 17.1 Å². The van der Waals surface area contributed by atoms with E-state index in [1.165, 1.54) is 38.1 Å². The van der Waals surface area contributed by atoms with Crippen molar-refractivity contribution in [3.8, 4) is 11.5 Å². The molecule has 3 N–H and O–H groups in total. The first-order valence-electron chi connectivity index (χ1n) is 12.3. The highest BCUT2D eigenvalue weighted by atomic mass is 32.2. The predicted octanol–water partition coefficient (Wildman–Crippen LogP) is 6.43. The molecule has 0 aliphatic rings. The fourth-order valence-electron chi connectivity index (χ4n) is 4.04. The van der Waals surface area contributed by atoms with Gasteiger partial charge in [-0.25, -0.2) is 4.79 Å². The number of carbonyl (C=O) groups is 3. The first kappa shape index (κ1) is 28.3. The van der Waals surface area contributed by atoms with Crippen LogP contribution < -0.4 is 20.1 Å². The fraction of sp³-hybridized carbons (Fsp3) is 0.129. The second-order valence-electron chi connectivity index (χ2n) is 8.75. The van der Waals surface area contributed by atoms with Crippen molar-refractivity contribution in [1.29, 1.82) is 0 Å². The number of benzene rings is 4. The molecular weight excluding hydrogens is 528 g/mol. The Hall–Kier alpha value is -4.76. The largest absolute Gasteiger partial charge is 0.496 e. The van der Waals surface area contributed by atoms with Gasteiger partial charge in [-0.2, -0.15) is 0 Å². The van der Waals surface area contributed by atoms with Gasteiger partial charge in [-0.1, -0.05) is 48.5 Å². The zero-order valence-electron chi connectivity index (χ0n) is 22.1. The Morgan fingerprint density at radius 1 is 0.800 bits per heavy atom. The van der Waals surface area contributed by atoms with E-state index in [0.29, 0.717) is 22.9 Å². The van der Waals surface area contributed by atoms with Crippen molar-refractivity contribution < 1.29 is 29.0 Å². The van der Waals surface area contributed by atoms with Crippen LogP contribution in [0, 0.1) is 6.92 Å². The number of ether oxygens (including phenoxy) is 2. The first-order valence-corrected chi connectivity index (χ1v) is 13.2. The van der Waals surface area contributed by atoms with E-state index in [2.05, 4.69) is 10.6 Å². The van der Waals surface area contributed by atoms with Gasteiger partial charge in [0.25, 0.3) is 5.91 Å². The lowest BCUT2D eigenvalue weighted by atomic mass is 10.1. The lowest BCUT2D eigenvalue weighted by molar-refractivity contribution is -0.115. The van der Waals surface area contributed by atoms with E-state index in [0.717, 1.165) is 16.0 Å². The number of thioether (sulfide) groups is 1. The molecule has 40 heavy (non-hydrogen) atoms. The topological polar surface area (TPSA) is 114 Å². The molecule has 2 amide bonds. The number of nitrogens with one attached hydrogen (secondary N) is 2. The maximum Gasteiger partial charge on any atom is 0.335 e. The van der Waals surface area contributed by atoms with Crippen LogP contribution in [0.5, 0.6) is 11.5 Å². The fourth-order valence-corrected chi connectivity index (χ4v) is 5.12. The van der Waals surface area contributed by atoms with Crippen molar-refractivity contribution in [3.63, 3.8) is 0 Å². The molecule has 0 aromatic heterocycles. The summed E-state index contributed by atoms with van der Waals surface area (Å²) in [7, 11) is 2.97. The Morgan fingerprint density at radius 3 is 2.12 bits per heavy atom. The van der Waals surface area contributed by atoms with Gasteiger partial charge in [0, 0.05) is 16.3 Å². The van der Waals surface area contributed by atoms with E-state index < -0.39 is 17.1 Å². The third-order valence-electron chi connectivity index (χ3n) is 6.08. The van der Waals surface area contributed by atoms with E-state index in [9.17, 15) is 19.5 Å². The second-order valence-corrected chi connectivity index (χ2v) is 9.93. The van der Waals surface area contributed by atoms with Gasteiger partial charge in [0.2, 0.25) is 5.91 Å². The van der Waals surface area contributed by atoms with Crippen LogP contribution >= 0.6 is 11.8 Å². The molecule has 0 saturated heterocycles. The lowest BCUT2D eigenvalue weighted by Gasteiger charge is -2.19. The molecule has 0 bridgehead atoms. The van der Waals surface area contributed by atoms with E-state index in [4.69, 9.17) is 9.47 Å². The Kier molecular flexibility index (Phi) is 9.08. The highest BCUT2D eigenvalue weighted by molar-refractivity contribution is 8.00. The van der Waals surface area contributed by atoms with Gasteiger partial charge in [-0.15, -0.1) is 11.8 Å². The Balaban J connectivity index is 1.59. The van der Waals surface area contributed by atoms with Crippen molar-refractivity contribution in [3.05, 3.63) is 113 Å². The van der Waals surface area contributed by atoms with E-state index in [1.54, 1.807) is 49.4 Å². The number of rotatable bonds is 10. The molecule has 1 atom stereocenters. The van der Waals surface area contributed by atoms with E-state index in [-0.39, 0.29) is 17.0 Å². The number of hydrogen-bond acceptors (Lipinski definition) is 6. The summed E-state index contributed by atoms with van der Waals surface area (Å²) in [5, 5.41) is 14.5. The third kappa shape index (κ3) is 6.62. The SMILES string of the molecule is COc1cccc(OC)c1C(=O)Nc1cccc(SC(C(=O)Nc2cc(C(=O)O)ccc2C)c2ccccc2)c1. The van der Waals surface area contributed by atoms with Gasteiger partial charge < -0.3 is 25.2 Å². The van der Waals surface area contributed by atoms with Gasteiger partial charge in [0.05, 0.1) is 19.8 Å². The highest BCUT2D eigenvalue weighted by Gasteiger charge is 2.24. The van der Waals surface area contributed by atoms with Crippen LogP contribution in [0.4, 0.5) is 11.4 Å². The monoisotopic (exact) mass is 556 g/mol. The number of carboxylic acids is 1. The average Bonchev–Trinajstić information content (AvgIpc) is 2.96. The maximum atomic E-state index is 13.6. The number of amides is 2. The maximum absolute atomic E-state index is 13.6. The standard InChI is InChI=1S/C31H28N2O6S/c1-19-15-16-21(31(36)37)17-24(19)33-30(35)28(20-9-5-4-6-10-20)40-23-12-7-11-22(18-23)32-29(34)27-25(38-2)13-8-14-26(27)39-3/h4-18,28H,1-3H3,(H,32,34)(H,33,35)(H,36,37). The summed E-state index contributed by atoms with van der Waals surface area (Å²) in [5.41, 5.74) is 2.82. The predicted molar refractivity (Wildman–Crippen MR) is 156 cm³/mol. The lowest BCUT2D eigenvalue weighted by Crippen LogP contribution is -2.20. The molecular formula is C31H28N2O6S. The average molecular weight is 557 g/mol. The minimum Gasteiger partial charge on any atom is -0.496 e. The molecule has 0 spiro atoms. The normalized spacial score (nSPS) is 11.3. The molecule has 9 heteroatoms. The number of hydrogen-bond donors (Lipinski definition) is 3. The molecule has 8 nitrogen and oxygen atoms in total. The molecule has 0 fully saturated rings. The highest BCUT2D eigenvalue weighted by Crippen LogP contribution is 2.38. The number of methoxy groups -OCH3 is 2. The molecule has 0 radical (unpaired) electrons. The minimum absolute atomic E-state index is 0.0833. The Morgan fingerprint density at radius 2 is 1.48 bits per heavy atom. The molecule has 1 unspecified atom stereocenters. The summed E-state index contributed by atoms with van der Waals surface area (Å²) in [6, 6.07) is 26.2. The van der Waals surface area contributed by atoms with Gasteiger partial charge in [0.1, 0.15) is 22.3 Å². The Labute approximate surface area is 236 Å². The van der Waals surface area contributed by atoms with Gasteiger partial charge in [-0.05, 0) is 60.5 Å². The van der Waals surface area contributed by atoms with Crippen LogP contribution in [-0.4, -0.2) is 37.1 Å². The molecule has 0 saturated carbocycles. The summed E-state index contributed by atoms with van der Waals surface area (Å²) in [4.78, 5) is 38.9. The molecule has 0 heterocycles. The van der Waals surface area contributed by atoms with Crippen molar-refractivity contribution in [2.75, 3.05) is 24.9 Å². The summed E-state index contributed by atoms with van der Waals surface area (Å²) in [5.74, 6) is -1.03. The van der Waals surface area contributed by atoms with Crippen molar-refractivity contribution in [2.24, 2.45) is 0 Å². The number of carboxylic acid groups (broad SMARTS) is 1. The first-order chi connectivity index (χ1) is 19.3. The molecule has 204 valence electrons. The van der Waals surface area contributed by atoms with Crippen LogP contribution in [0.3, 0.4) is 0 Å². The van der Waals surface area contributed by atoms with Gasteiger partial charge in [-0.3, -0.25) is 9.59 Å². The van der Waals surface area contributed by atoms with E-state index >= 15 is 0 Å². The van der Waals surface area contributed by atoms with Crippen molar-refractivity contribution in [1.82, 2.24) is 0 Å². The minimum atomic E-state index is -1.07. The zero-order valence-corrected chi connectivity index (χ0v) is 23.0. The number of aryl methyl sites for hydroxylation is 1. The number of carbonyl (C=O) groups excluding carboxylic acids is 2. The van der Waals surface area contributed by atoms with Crippen LogP contribution in [-0.2, 0) is 4.79 Å². The van der Waals surface area contributed by atoms with Crippen LogP contribution in [0.2, 0.25) is 0 Å². The van der Waals surface area contributed by atoms with Crippen LogP contribution in [0.25, 0.3) is 0 Å². The Bertz CT molecular complexity index is 1520.